The molecule has 2 aromatic heterocycles. The zero-order valence-corrected chi connectivity index (χ0v) is 12.6. The lowest BCUT2D eigenvalue weighted by Gasteiger charge is -2.08. The molecule has 24 heavy (non-hydrogen) atoms. The fourth-order valence-electron chi connectivity index (χ4n) is 2.05. The Morgan fingerprint density at radius 3 is 2.75 bits per heavy atom. The topological polar surface area (TPSA) is 80.9 Å². The van der Waals surface area contributed by atoms with Crippen LogP contribution >= 0.6 is 0 Å². The Morgan fingerprint density at radius 1 is 1.29 bits per heavy atom. The largest absolute Gasteiger partial charge is 0.443 e. The fourth-order valence-corrected chi connectivity index (χ4v) is 2.05. The summed E-state index contributed by atoms with van der Waals surface area (Å²) in [5, 5.41) is 2.66. The first kappa shape index (κ1) is 15.5. The molecule has 0 aliphatic heterocycles. The van der Waals surface area contributed by atoms with E-state index in [2.05, 4.69) is 26.8 Å². The minimum absolute atomic E-state index is 0.201. The summed E-state index contributed by atoms with van der Waals surface area (Å²) in [6.07, 6.45) is 5.69. The van der Waals surface area contributed by atoms with Crippen molar-refractivity contribution < 1.29 is 13.6 Å². The summed E-state index contributed by atoms with van der Waals surface area (Å²) in [5.74, 6) is 0.0667. The van der Waals surface area contributed by atoms with Gasteiger partial charge in [0.15, 0.2) is 5.82 Å². The minimum atomic E-state index is -0.338. The highest BCUT2D eigenvalue weighted by molar-refractivity contribution is 5.86. The first-order valence-corrected chi connectivity index (χ1v) is 7.09. The van der Waals surface area contributed by atoms with Crippen LogP contribution in [-0.4, -0.2) is 20.9 Å². The van der Waals surface area contributed by atoms with Crippen molar-refractivity contribution in [1.29, 1.82) is 0 Å². The van der Waals surface area contributed by atoms with E-state index in [9.17, 15) is 9.18 Å². The number of nitrogens with zero attached hydrogens (tertiary/aromatic N) is 3. The van der Waals surface area contributed by atoms with Gasteiger partial charge in [-0.3, -0.25) is 4.79 Å². The molecule has 0 saturated heterocycles. The van der Waals surface area contributed by atoms with Crippen LogP contribution < -0.4 is 5.32 Å². The van der Waals surface area contributed by atoms with Crippen LogP contribution in [0.25, 0.3) is 23.0 Å². The standard InChI is InChI=1S/C17H13FN4O2/c1-2-14(23)20-9-12-10-21-16(11-3-5-13(18)6-4-11)22-15(12)17-19-7-8-24-17/h2-8,10H,1,9H2,(H,20,23). The van der Waals surface area contributed by atoms with Gasteiger partial charge in [-0.1, -0.05) is 6.58 Å². The zero-order valence-electron chi connectivity index (χ0n) is 12.6. The third-order valence-corrected chi connectivity index (χ3v) is 3.24. The molecule has 0 bridgehead atoms. The second kappa shape index (κ2) is 6.82. The van der Waals surface area contributed by atoms with E-state index in [0.717, 1.165) is 0 Å². The van der Waals surface area contributed by atoms with Crippen LogP contribution in [0.1, 0.15) is 5.56 Å². The highest BCUT2D eigenvalue weighted by Gasteiger charge is 2.15. The van der Waals surface area contributed by atoms with Crippen LogP contribution in [0.15, 0.2) is 60.0 Å². The molecule has 0 unspecified atom stereocenters. The molecule has 0 aliphatic carbocycles. The van der Waals surface area contributed by atoms with Crippen LogP contribution in [0.3, 0.4) is 0 Å². The molecule has 0 aliphatic rings. The van der Waals surface area contributed by atoms with Gasteiger partial charge in [-0.25, -0.2) is 19.3 Å². The van der Waals surface area contributed by atoms with E-state index in [1.165, 1.54) is 30.7 Å². The van der Waals surface area contributed by atoms with Crippen molar-refractivity contribution in [3.05, 3.63) is 67.0 Å². The van der Waals surface area contributed by atoms with E-state index in [-0.39, 0.29) is 18.3 Å². The van der Waals surface area contributed by atoms with E-state index in [1.54, 1.807) is 18.3 Å². The molecule has 0 radical (unpaired) electrons. The average Bonchev–Trinajstić information content (AvgIpc) is 3.14. The maximum Gasteiger partial charge on any atom is 0.245 e. The van der Waals surface area contributed by atoms with Gasteiger partial charge in [-0.15, -0.1) is 0 Å². The maximum atomic E-state index is 13.1. The summed E-state index contributed by atoms with van der Waals surface area (Å²) < 4.78 is 18.4. The predicted molar refractivity (Wildman–Crippen MR) is 85.0 cm³/mol. The molecule has 1 amide bonds. The summed E-state index contributed by atoms with van der Waals surface area (Å²) >= 11 is 0. The highest BCUT2D eigenvalue weighted by atomic mass is 19.1. The molecular weight excluding hydrogens is 311 g/mol. The molecule has 0 atom stereocenters. The molecule has 6 nitrogen and oxygen atoms in total. The number of rotatable bonds is 5. The van der Waals surface area contributed by atoms with Crippen LogP contribution in [0, 0.1) is 5.82 Å². The van der Waals surface area contributed by atoms with Crippen molar-refractivity contribution in [3.63, 3.8) is 0 Å². The fraction of sp³-hybridized carbons (Fsp3) is 0.0588. The lowest BCUT2D eigenvalue weighted by Crippen LogP contribution is -2.21. The van der Waals surface area contributed by atoms with E-state index in [1.807, 2.05) is 0 Å². The Balaban J connectivity index is 1.99. The molecular formula is C17H13FN4O2. The Labute approximate surface area is 137 Å². The van der Waals surface area contributed by atoms with Gasteiger partial charge in [0.2, 0.25) is 11.8 Å². The summed E-state index contributed by atoms with van der Waals surface area (Å²) in [5.41, 5.74) is 1.75. The van der Waals surface area contributed by atoms with Crippen LogP contribution in [0.2, 0.25) is 0 Å². The van der Waals surface area contributed by atoms with Gasteiger partial charge in [-0.05, 0) is 30.3 Å². The number of nitrogens with one attached hydrogen (secondary N) is 1. The molecule has 0 fully saturated rings. The molecule has 3 aromatic rings. The van der Waals surface area contributed by atoms with Crippen molar-refractivity contribution in [2.75, 3.05) is 0 Å². The third-order valence-electron chi connectivity index (χ3n) is 3.24. The highest BCUT2D eigenvalue weighted by Crippen LogP contribution is 2.23. The number of oxazole rings is 1. The molecule has 1 N–H and O–H groups in total. The smallest absolute Gasteiger partial charge is 0.245 e. The third kappa shape index (κ3) is 3.35. The van der Waals surface area contributed by atoms with Gasteiger partial charge < -0.3 is 9.73 Å². The Morgan fingerprint density at radius 2 is 2.08 bits per heavy atom. The van der Waals surface area contributed by atoms with Crippen molar-refractivity contribution in [2.45, 2.75) is 6.54 Å². The summed E-state index contributed by atoms with van der Waals surface area (Å²) in [4.78, 5) is 24.2. The molecule has 3 rings (SSSR count). The lowest BCUT2D eigenvalue weighted by atomic mass is 10.1. The van der Waals surface area contributed by atoms with Crippen molar-refractivity contribution in [2.24, 2.45) is 0 Å². The number of carbonyl (C=O) groups excluding carboxylic acids is 1. The SMILES string of the molecule is C=CC(=O)NCc1cnc(-c2ccc(F)cc2)nc1-c1ncco1. The number of hydrogen-bond donors (Lipinski definition) is 1. The number of benzene rings is 1. The first-order valence-electron chi connectivity index (χ1n) is 7.09. The monoisotopic (exact) mass is 324 g/mol. The Bertz CT molecular complexity index is 861. The summed E-state index contributed by atoms with van der Waals surface area (Å²) in [7, 11) is 0. The molecule has 7 heteroatoms. The zero-order chi connectivity index (χ0) is 16.9. The van der Waals surface area contributed by atoms with E-state index < -0.39 is 0 Å². The van der Waals surface area contributed by atoms with Crippen molar-refractivity contribution >= 4 is 5.91 Å². The number of hydrogen-bond acceptors (Lipinski definition) is 5. The van der Waals surface area contributed by atoms with Crippen LogP contribution in [0.4, 0.5) is 4.39 Å². The quantitative estimate of drug-likeness (QED) is 0.730. The van der Waals surface area contributed by atoms with Crippen molar-refractivity contribution in [3.8, 4) is 23.0 Å². The van der Waals surface area contributed by atoms with Gasteiger partial charge in [0.05, 0.1) is 6.20 Å². The first-order chi connectivity index (χ1) is 11.7. The van der Waals surface area contributed by atoms with Gasteiger partial charge in [0.25, 0.3) is 0 Å². The molecule has 2 heterocycles. The van der Waals surface area contributed by atoms with Crippen molar-refractivity contribution in [1.82, 2.24) is 20.3 Å². The van der Waals surface area contributed by atoms with Gasteiger partial charge in [-0.2, -0.15) is 0 Å². The van der Waals surface area contributed by atoms with Gasteiger partial charge >= 0.3 is 0 Å². The molecule has 120 valence electrons. The number of aromatic nitrogens is 3. The average molecular weight is 324 g/mol. The maximum absolute atomic E-state index is 13.1. The van der Waals surface area contributed by atoms with E-state index in [4.69, 9.17) is 4.42 Å². The molecule has 0 saturated carbocycles. The van der Waals surface area contributed by atoms with Crippen LogP contribution in [-0.2, 0) is 11.3 Å². The van der Waals surface area contributed by atoms with Gasteiger partial charge in [0, 0.05) is 23.9 Å². The summed E-state index contributed by atoms with van der Waals surface area (Å²) in [6.45, 7) is 3.60. The second-order valence-corrected chi connectivity index (χ2v) is 4.83. The van der Waals surface area contributed by atoms with Gasteiger partial charge in [0.1, 0.15) is 17.8 Å². The Kier molecular flexibility index (Phi) is 4.42. The second-order valence-electron chi connectivity index (χ2n) is 4.83. The number of carbonyl (C=O) groups is 1. The van der Waals surface area contributed by atoms with E-state index >= 15 is 0 Å². The summed E-state index contributed by atoms with van der Waals surface area (Å²) in [6, 6.07) is 5.84. The number of amides is 1. The molecule has 0 spiro atoms. The van der Waals surface area contributed by atoms with E-state index in [0.29, 0.717) is 28.5 Å². The Hall–Kier alpha value is -3.35. The minimum Gasteiger partial charge on any atom is -0.443 e. The lowest BCUT2D eigenvalue weighted by molar-refractivity contribution is -0.116. The van der Waals surface area contributed by atoms with Crippen LogP contribution in [0.5, 0.6) is 0 Å². The molecule has 1 aromatic carbocycles. The number of halogens is 1. The normalized spacial score (nSPS) is 10.4. The predicted octanol–water partition coefficient (Wildman–Crippen LogP) is 2.74.